The molecule has 20 heavy (non-hydrogen) atoms. The molecule has 0 spiro atoms. The van der Waals surface area contributed by atoms with Crippen LogP contribution in [0.1, 0.15) is 5.69 Å². The number of non-ortho nitro benzene ring substituents is 1. The molecule has 3 rings (SSSR count). The highest BCUT2D eigenvalue weighted by Crippen LogP contribution is 2.30. The molecule has 7 heteroatoms. The Morgan fingerprint density at radius 2 is 2.10 bits per heavy atom. The number of aromatic amines is 1. The molecule has 2 N–H and O–H groups in total. The number of H-pyrrole nitrogens is 1. The van der Waals surface area contributed by atoms with Crippen LogP contribution in [0.2, 0.25) is 0 Å². The normalized spacial score (nSPS) is 10.6. The summed E-state index contributed by atoms with van der Waals surface area (Å²) in [7, 11) is 0. The monoisotopic (exact) mass is 269 g/mol. The number of nitro groups is 1. The number of nitro benzene ring substituents is 1. The summed E-state index contributed by atoms with van der Waals surface area (Å²) in [5.41, 5.74) is 1.81. The van der Waals surface area contributed by atoms with Crippen LogP contribution < -0.4 is 5.32 Å². The average molecular weight is 269 g/mol. The standard InChI is InChI=1S/C13H11N5O2/c19-18(20)13-2-1-12(11-7-14-4-3-10(11)13)16-6-9-5-15-8-17-9/h1-5,7-8,16H,6H2,(H,15,17). The SMILES string of the molecule is O=[N+]([O-])c1ccc(NCc2cnc[nH]2)c2cnccc12. The molecule has 0 aliphatic carbocycles. The van der Waals surface area contributed by atoms with Gasteiger partial charge in [0, 0.05) is 35.7 Å². The number of hydrogen-bond donors (Lipinski definition) is 2. The number of benzene rings is 1. The van der Waals surface area contributed by atoms with Gasteiger partial charge in [0.05, 0.1) is 28.9 Å². The van der Waals surface area contributed by atoms with Gasteiger partial charge in [-0.3, -0.25) is 15.1 Å². The van der Waals surface area contributed by atoms with Gasteiger partial charge in [0.25, 0.3) is 5.69 Å². The van der Waals surface area contributed by atoms with E-state index in [4.69, 9.17) is 0 Å². The van der Waals surface area contributed by atoms with Crippen molar-refractivity contribution in [2.45, 2.75) is 6.54 Å². The number of aromatic nitrogens is 3. The Kier molecular flexibility index (Phi) is 3.00. The molecule has 100 valence electrons. The highest BCUT2D eigenvalue weighted by atomic mass is 16.6. The van der Waals surface area contributed by atoms with Crippen LogP contribution in [0.15, 0.2) is 43.1 Å². The lowest BCUT2D eigenvalue weighted by Gasteiger charge is -2.08. The fourth-order valence-corrected chi connectivity index (χ4v) is 2.06. The maximum atomic E-state index is 11.0. The third-order valence-electron chi connectivity index (χ3n) is 3.02. The highest BCUT2D eigenvalue weighted by molar-refractivity contribution is 5.99. The van der Waals surface area contributed by atoms with Crippen LogP contribution in [-0.4, -0.2) is 19.9 Å². The summed E-state index contributed by atoms with van der Waals surface area (Å²) < 4.78 is 0. The van der Waals surface area contributed by atoms with Gasteiger partial charge in [0.2, 0.25) is 0 Å². The smallest absolute Gasteiger partial charge is 0.277 e. The number of nitrogens with one attached hydrogen (secondary N) is 2. The molecule has 0 aliphatic heterocycles. The number of fused-ring (bicyclic) bond motifs is 1. The van der Waals surface area contributed by atoms with E-state index in [1.165, 1.54) is 6.07 Å². The van der Waals surface area contributed by atoms with E-state index < -0.39 is 0 Å². The van der Waals surface area contributed by atoms with Crippen LogP contribution in [-0.2, 0) is 6.54 Å². The molecule has 0 unspecified atom stereocenters. The first-order valence-electron chi connectivity index (χ1n) is 5.98. The topological polar surface area (TPSA) is 96.7 Å². The second-order valence-electron chi connectivity index (χ2n) is 4.24. The van der Waals surface area contributed by atoms with Crippen LogP contribution in [0.3, 0.4) is 0 Å². The van der Waals surface area contributed by atoms with E-state index in [1.807, 2.05) is 0 Å². The Hall–Kier alpha value is -2.96. The molecule has 0 amide bonds. The van der Waals surface area contributed by atoms with Gasteiger partial charge in [-0.1, -0.05) is 0 Å². The number of pyridine rings is 1. The van der Waals surface area contributed by atoms with Gasteiger partial charge >= 0.3 is 0 Å². The highest BCUT2D eigenvalue weighted by Gasteiger charge is 2.13. The molecule has 0 fully saturated rings. The van der Waals surface area contributed by atoms with Crippen molar-refractivity contribution in [3.8, 4) is 0 Å². The molecule has 2 heterocycles. The summed E-state index contributed by atoms with van der Waals surface area (Å²) in [6.07, 6.45) is 6.50. The van der Waals surface area contributed by atoms with Crippen LogP contribution >= 0.6 is 0 Å². The van der Waals surface area contributed by atoms with Crippen molar-refractivity contribution in [2.75, 3.05) is 5.32 Å². The summed E-state index contributed by atoms with van der Waals surface area (Å²) >= 11 is 0. The molecule has 2 aromatic heterocycles. The van der Waals surface area contributed by atoms with Gasteiger partial charge in [0.1, 0.15) is 0 Å². The summed E-state index contributed by atoms with van der Waals surface area (Å²) in [6.45, 7) is 0.557. The number of rotatable bonds is 4. The minimum atomic E-state index is -0.388. The van der Waals surface area contributed by atoms with Crippen LogP contribution in [0.4, 0.5) is 11.4 Å². The molecule has 0 saturated heterocycles. The number of anilines is 1. The zero-order chi connectivity index (χ0) is 13.9. The van der Waals surface area contributed by atoms with Crippen molar-refractivity contribution in [2.24, 2.45) is 0 Å². The Bertz CT molecular complexity index is 755. The van der Waals surface area contributed by atoms with Gasteiger partial charge in [-0.05, 0) is 12.1 Å². The maximum absolute atomic E-state index is 11.0. The first-order chi connectivity index (χ1) is 9.75. The number of imidazole rings is 1. The predicted octanol–water partition coefficient (Wildman–Crippen LogP) is 2.48. The van der Waals surface area contributed by atoms with E-state index in [1.54, 1.807) is 37.1 Å². The van der Waals surface area contributed by atoms with E-state index in [0.717, 1.165) is 16.8 Å². The molecule has 1 aromatic carbocycles. The number of hydrogen-bond acceptors (Lipinski definition) is 5. The van der Waals surface area contributed by atoms with Crippen molar-refractivity contribution < 1.29 is 4.92 Å². The second kappa shape index (κ2) is 4.96. The maximum Gasteiger partial charge on any atom is 0.277 e. The van der Waals surface area contributed by atoms with Crippen molar-refractivity contribution in [1.82, 2.24) is 15.0 Å². The molecule has 3 aromatic rings. The molecule has 0 atom stereocenters. The Balaban J connectivity index is 1.99. The summed E-state index contributed by atoms with van der Waals surface area (Å²) in [4.78, 5) is 21.6. The van der Waals surface area contributed by atoms with Crippen LogP contribution in [0.5, 0.6) is 0 Å². The quantitative estimate of drug-likeness (QED) is 0.560. The van der Waals surface area contributed by atoms with E-state index in [0.29, 0.717) is 11.9 Å². The van der Waals surface area contributed by atoms with Crippen molar-refractivity contribution in [3.63, 3.8) is 0 Å². The molecule has 0 bridgehead atoms. The van der Waals surface area contributed by atoms with Crippen LogP contribution in [0.25, 0.3) is 10.8 Å². The first-order valence-corrected chi connectivity index (χ1v) is 5.98. The molecule has 0 saturated carbocycles. The molecule has 0 aliphatic rings. The van der Waals surface area contributed by atoms with Crippen molar-refractivity contribution in [1.29, 1.82) is 0 Å². The van der Waals surface area contributed by atoms with Crippen molar-refractivity contribution in [3.05, 3.63) is 58.9 Å². The minimum Gasteiger partial charge on any atom is -0.379 e. The van der Waals surface area contributed by atoms with Gasteiger partial charge in [0.15, 0.2) is 0 Å². The summed E-state index contributed by atoms with van der Waals surface area (Å²) in [5.74, 6) is 0. The van der Waals surface area contributed by atoms with Gasteiger partial charge in [-0.15, -0.1) is 0 Å². The zero-order valence-electron chi connectivity index (χ0n) is 10.4. The van der Waals surface area contributed by atoms with E-state index in [2.05, 4.69) is 20.3 Å². The summed E-state index contributed by atoms with van der Waals surface area (Å²) in [6, 6.07) is 4.84. The first kappa shape index (κ1) is 12.1. The Morgan fingerprint density at radius 1 is 1.20 bits per heavy atom. The van der Waals surface area contributed by atoms with Gasteiger partial charge in [-0.25, -0.2) is 4.98 Å². The molecular weight excluding hydrogens is 258 g/mol. The Labute approximate surface area is 113 Å². The lowest BCUT2D eigenvalue weighted by molar-refractivity contribution is -0.383. The minimum absolute atomic E-state index is 0.0782. The zero-order valence-corrected chi connectivity index (χ0v) is 10.4. The lowest BCUT2D eigenvalue weighted by atomic mass is 10.1. The van der Waals surface area contributed by atoms with Gasteiger partial charge < -0.3 is 10.3 Å². The average Bonchev–Trinajstić information content (AvgIpc) is 2.97. The molecule has 7 nitrogen and oxygen atoms in total. The number of nitrogens with zero attached hydrogens (tertiary/aromatic N) is 3. The fourth-order valence-electron chi connectivity index (χ4n) is 2.06. The largest absolute Gasteiger partial charge is 0.379 e. The Morgan fingerprint density at radius 3 is 2.85 bits per heavy atom. The van der Waals surface area contributed by atoms with E-state index in [9.17, 15) is 10.1 Å². The lowest BCUT2D eigenvalue weighted by Crippen LogP contribution is -2.01. The van der Waals surface area contributed by atoms with Crippen molar-refractivity contribution >= 4 is 22.1 Å². The van der Waals surface area contributed by atoms with Crippen LogP contribution in [0, 0.1) is 10.1 Å². The fraction of sp³-hybridized carbons (Fsp3) is 0.0769. The van der Waals surface area contributed by atoms with E-state index in [-0.39, 0.29) is 10.6 Å². The predicted molar refractivity (Wildman–Crippen MR) is 74.3 cm³/mol. The second-order valence-corrected chi connectivity index (χ2v) is 4.24. The molecule has 0 radical (unpaired) electrons. The third-order valence-corrected chi connectivity index (χ3v) is 3.02. The van der Waals surface area contributed by atoms with Gasteiger partial charge in [-0.2, -0.15) is 0 Å². The summed E-state index contributed by atoms with van der Waals surface area (Å²) in [5, 5.41) is 15.5. The van der Waals surface area contributed by atoms with E-state index >= 15 is 0 Å². The third kappa shape index (κ3) is 2.16. The molecular formula is C13H11N5O2.